The number of nitro benzene ring substituents is 1. The van der Waals surface area contributed by atoms with Gasteiger partial charge in [-0.1, -0.05) is 60.7 Å². The zero-order valence-electron chi connectivity index (χ0n) is 18.9. The first-order chi connectivity index (χ1) is 16.5. The number of piperidine rings is 1. The Kier molecular flexibility index (Phi) is 7.32. The average Bonchev–Trinajstić information content (AvgIpc) is 2.89. The first kappa shape index (κ1) is 23.2. The van der Waals surface area contributed by atoms with Crippen molar-refractivity contribution >= 4 is 17.5 Å². The number of hydrogen-bond donors (Lipinski definition) is 0. The third kappa shape index (κ3) is 5.67. The Morgan fingerprint density at radius 2 is 1.32 bits per heavy atom. The van der Waals surface area contributed by atoms with Crippen LogP contribution in [0.15, 0.2) is 84.9 Å². The molecule has 0 radical (unpaired) electrons. The zero-order chi connectivity index (χ0) is 23.9. The molecule has 174 valence electrons. The molecular weight excluding hydrogens is 430 g/mol. The molecule has 0 unspecified atom stereocenters. The number of carbonyl (C=O) groups excluding carboxylic acids is 2. The Morgan fingerprint density at radius 1 is 0.824 bits per heavy atom. The fourth-order valence-electron chi connectivity index (χ4n) is 4.32. The number of carbonyl (C=O) groups is 2. The van der Waals surface area contributed by atoms with Gasteiger partial charge in [-0.2, -0.15) is 0 Å². The van der Waals surface area contributed by atoms with E-state index >= 15 is 0 Å². The molecule has 0 saturated carbocycles. The summed E-state index contributed by atoms with van der Waals surface area (Å²) in [5.41, 5.74) is 2.54. The lowest BCUT2D eigenvalue weighted by Gasteiger charge is -2.34. The second-order valence-corrected chi connectivity index (χ2v) is 8.54. The van der Waals surface area contributed by atoms with Gasteiger partial charge >= 0.3 is 0 Å². The lowest BCUT2D eigenvalue weighted by atomic mass is 9.94. The van der Waals surface area contributed by atoms with Crippen LogP contribution in [0.4, 0.5) is 5.69 Å². The molecule has 34 heavy (non-hydrogen) atoms. The SMILES string of the molecule is O=C(c1ccc([N+](=O)[O-])cc1)N1CCC(C(=O)N(Cc2ccccc2)Cc2ccccc2)CC1. The van der Waals surface area contributed by atoms with E-state index in [2.05, 4.69) is 0 Å². The Hall–Kier alpha value is -4.00. The van der Waals surface area contributed by atoms with Crippen LogP contribution < -0.4 is 0 Å². The lowest BCUT2D eigenvalue weighted by Crippen LogP contribution is -2.44. The largest absolute Gasteiger partial charge is 0.339 e. The number of benzene rings is 3. The summed E-state index contributed by atoms with van der Waals surface area (Å²) in [6, 6.07) is 25.6. The van der Waals surface area contributed by atoms with Gasteiger partial charge in [-0.25, -0.2) is 0 Å². The van der Waals surface area contributed by atoms with Gasteiger partial charge in [0.1, 0.15) is 0 Å². The molecule has 4 rings (SSSR count). The van der Waals surface area contributed by atoms with Gasteiger partial charge in [-0.15, -0.1) is 0 Å². The Morgan fingerprint density at radius 3 is 1.79 bits per heavy atom. The van der Waals surface area contributed by atoms with Gasteiger partial charge in [0.25, 0.3) is 11.6 Å². The average molecular weight is 458 g/mol. The molecule has 3 aromatic rings. The number of rotatable bonds is 7. The van der Waals surface area contributed by atoms with E-state index in [4.69, 9.17) is 0 Å². The van der Waals surface area contributed by atoms with Crippen LogP contribution in [-0.2, 0) is 17.9 Å². The van der Waals surface area contributed by atoms with Crippen LogP contribution in [0.5, 0.6) is 0 Å². The van der Waals surface area contributed by atoms with E-state index in [1.54, 1.807) is 4.90 Å². The van der Waals surface area contributed by atoms with E-state index in [9.17, 15) is 19.7 Å². The maximum atomic E-state index is 13.5. The van der Waals surface area contributed by atoms with E-state index in [-0.39, 0.29) is 23.4 Å². The highest BCUT2D eigenvalue weighted by Crippen LogP contribution is 2.24. The minimum Gasteiger partial charge on any atom is -0.339 e. The molecule has 0 N–H and O–H groups in total. The van der Waals surface area contributed by atoms with Gasteiger partial charge < -0.3 is 9.80 Å². The fraction of sp³-hybridized carbons (Fsp3) is 0.259. The summed E-state index contributed by atoms with van der Waals surface area (Å²) >= 11 is 0. The number of nitrogens with zero attached hydrogens (tertiary/aromatic N) is 3. The molecule has 7 nitrogen and oxygen atoms in total. The molecule has 7 heteroatoms. The summed E-state index contributed by atoms with van der Waals surface area (Å²) in [6.45, 7) is 2.04. The van der Waals surface area contributed by atoms with E-state index in [0.29, 0.717) is 44.6 Å². The minimum absolute atomic E-state index is 0.0437. The monoisotopic (exact) mass is 457 g/mol. The van der Waals surface area contributed by atoms with Crippen molar-refractivity contribution < 1.29 is 14.5 Å². The van der Waals surface area contributed by atoms with Gasteiger partial charge in [0, 0.05) is 49.8 Å². The van der Waals surface area contributed by atoms with Crippen molar-refractivity contribution in [2.24, 2.45) is 5.92 Å². The van der Waals surface area contributed by atoms with Crippen LogP contribution in [0, 0.1) is 16.0 Å². The highest BCUT2D eigenvalue weighted by Gasteiger charge is 2.31. The lowest BCUT2D eigenvalue weighted by molar-refractivity contribution is -0.384. The molecule has 3 aromatic carbocycles. The molecule has 0 aromatic heterocycles. The van der Waals surface area contributed by atoms with Crippen molar-refractivity contribution in [3.63, 3.8) is 0 Å². The van der Waals surface area contributed by atoms with Gasteiger partial charge in [-0.3, -0.25) is 19.7 Å². The molecule has 1 aliphatic rings. The Balaban J connectivity index is 1.41. The zero-order valence-corrected chi connectivity index (χ0v) is 18.9. The molecule has 0 spiro atoms. The summed E-state index contributed by atoms with van der Waals surface area (Å²) in [5.74, 6) is -0.199. The van der Waals surface area contributed by atoms with Crippen LogP contribution >= 0.6 is 0 Å². The van der Waals surface area contributed by atoms with E-state index in [0.717, 1.165) is 11.1 Å². The second kappa shape index (κ2) is 10.7. The topological polar surface area (TPSA) is 83.8 Å². The van der Waals surface area contributed by atoms with Crippen LogP contribution in [-0.4, -0.2) is 39.6 Å². The number of hydrogen-bond acceptors (Lipinski definition) is 4. The number of nitro groups is 1. The Labute approximate surface area is 198 Å². The van der Waals surface area contributed by atoms with Gasteiger partial charge in [0.15, 0.2) is 0 Å². The van der Waals surface area contributed by atoms with Crippen LogP contribution in [0.1, 0.15) is 34.3 Å². The van der Waals surface area contributed by atoms with Crippen LogP contribution in [0.25, 0.3) is 0 Å². The minimum atomic E-state index is -0.484. The smallest absolute Gasteiger partial charge is 0.269 e. The summed E-state index contributed by atoms with van der Waals surface area (Å²) in [5, 5.41) is 10.8. The molecule has 0 aliphatic carbocycles. The molecule has 1 aliphatic heterocycles. The van der Waals surface area contributed by atoms with Crippen molar-refractivity contribution in [2.75, 3.05) is 13.1 Å². The third-order valence-corrected chi connectivity index (χ3v) is 6.20. The van der Waals surface area contributed by atoms with E-state index < -0.39 is 4.92 Å². The molecule has 1 fully saturated rings. The summed E-state index contributed by atoms with van der Waals surface area (Å²) in [7, 11) is 0. The number of likely N-dealkylation sites (tertiary alicyclic amines) is 1. The highest BCUT2D eigenvalue weighted by molar-refractivity contribution is 5.94. The van der Waals surface area contributed by atoms with Crippen molar-refractivity contribution in [3.8, 4) is 0 Å². The van der Waals surface area contributed by atoms with Crippen LogP contribution in [0.3, 0.4) is 0 Å². The maximum absolute atomic E-state index is 13.5. The molecule has 2 amide bonds. The highest BCUT2D eigenvalue weighted by atomic mass is 16.6. The molecule has 1 heterocycles. The van der Waals surface area contributed by atoms with E-state index in [1.165, 1.54) is 24.3 Å². The second-order valence-electron chi connectivity index (χ2n) is 8.54. The maximum Gasteiger partial charge on any atom is 0.269 e. The molecule has 0 atom stereocenters. The summed E-state index contributed by atoms with van der Waals surface area (Å²) < 4.78 is 0. The van der Waals surface area contributed by atoms with Gasteiger partial charge in [0.05, 0.1) is 4.92 Å². The molecule has 1 saturated heterocycles. The van der Waals surface area contributed by atoms with Crippen molar-refractivity contribution in [3.05, 3.63) is 112 Å². The first-order valence-electron chi connectivity index (χ1n) is 11.4. The first-order valence-corrected chi connectivity index (χ1v) is 11.4. The van der Waals surface area contributed by atoms with Gasteiger partial charge in [-0.05, 0) is 36.1 Å². The fourth-order valence-corrected chi connectivity index (χ4v) is 4.32. The number of non-ortho nitro benzene ring substituents is 1. The normalized spacial score (nSPS) is 13.9. The molecule has 0 bridgehead atoms. The summed E-state index contributed by atoms with van der Waals surface area (Å²) in [6.07, 6.45) is 1.19. The van der Waals surface area contributed by atoms with Crippen molar-refractivity contribution in [1.82, 2.24) is 9.80 Å². The number of amides is 2. The quantitative estimate of drug-likeness (QED) is 0.381. The Bertz CT molecular complexity index is 1080. The predicted molar refractivity (Wildman–Crippen MR) is 129 cm³/mol. The summed E-state index contributed by atoms with van der Waals surface area (Å²) in [4.78, 5) is 40.3. The predicted octanol–water partition coefficient (Wildman–Crippen LogP) is 4.68. The van der Waals surface area contributed by atoms with Crippen molar-refractivity contribution in [1.29, 1.82) is 0 Å². The standard InChI is InChI=1S/C27H27N3O4/c31-26(23-11-13-25(14-12-23)30(33)34)28-17-15-24(16-18-28)27(32)29(19-21-7-3-1-4-8-21)20-22-9-5-2-6-10-22/h1-14,24H,15-20H2. The molecular formula is C27H27N3O4. The van der Waals surface area contributed by atoms with Crippen molar-refractivity contribution in [2.45, 2.75) is 25.9 Å². The third-order valence-electron chi connectivity index (χ3n) is 6.20. The van der Waals surface area contributed by atoms with Gasteiger partial charge in [0.2, 0.25) is 5.91 Å². The van der Waals surface area contributed by atoms with E-state index in [1.807, 2.05) is 65.6 Å². The van der Waals surface area contributed by atoms with Crippen LogP contribution in [0.2, 0.25) is 0 Å².